The van der Waals surface area contributed by atoms with E-state index in [0.717, 1.165) is 17.9 Å². The molecule has 0 amide bonds. The van der Waals surface area contributed by atoms with Gasteiger partial charge >= 0.3 is 5.69 Å². The van der Waals surface area contributed by atoms with Crippen LogP contribution in [0.4, 0.5) is 28.4 Å². The summed E-state index contributed by atoms with van der Waals surface area (Å²) in [6.07, 6.45) is 0. The Morgan fingerprint density at radius 3 is 2.43 bits per heavy atom. The van der Waals surface area contributed by atoms with E-state index in [1.54, 1.807) is 18.2 Å². The van der Waals surface area contributed by atoms with E-state index in [9.17, 15) is 10.1 Å². The number of nitrogens with zero attached hydrogens (tertiary/aromatic N) is 3. The van der Waals surface area contributed by atoms with E-state index < -0.39 is 4.92 Å². The van der Waals surface area contributed by atoms with Crippen LogP contribution in [0, 0.1) is 10.1 Å². The lowest BCUT2D eigenvalue weighted by atomic mass is 10.1. The van der Waals surface area contributed by atoms with Crippen molar-refractivity contribution in [1.29, 1.82) is 0 Å². The molecule has 2 N–H and O–H groups in total. The highest BCUT2D eigenvalue weighted by Crippen LogP contribution is 2.42. The van der Waals surface area contributed by atoms with Gasteiger partial charge in [0.25, 0.3) is 0 Å². The number of likely N-dealkylation sites (N-methyl/N-ethyl adjacent to an activating group) is 1. The maximum Gasteiger partial charge on any atom is 0.315 e. The van der Waals surface area contributed by atoms with Crippen LogP contribution >= 0.6 is 0 Å². The molecule has 1 aliphatic rings. The van der Waals surface area contributed by atoms with E-state index >= 15 is 0 Å². The third-order valence-corrected chi connectivity index (χ3v) is 3.76. The predicted molar refractivity (Wildman–Crippen MR) is 84.2 cm³/mol. The summed E-state index contributed by atoms with van der Waals surface area (Å²) in [6.45, 7) is 1.47. The molecule has 0 unspecified atom stereocenters. The molecular weight excluding hydrogens is 268 g/mol. The number of nitrogen functional groups attached to an aromatic ring is 1. The molecule has 108 valence electrons. The molecule has 3 rings (SSSR count). The summed E-state index contributed by atoms with van der Waals surface area (Å²) in [5, 5.41) is 11.4. The Morgan fingerprint density at radius 1 is 1.05 bits per heavy atom. The zero-order chi connectivity index (χ0) is 15.0. The number of nitro groups is 1. The average Bonchev–Trinajstić information content (AvgIpc) is 2.47. The van der Waals surface area contributed by atoms with Crippen molar-refractivity contribution in [3.05, 3.63) is 52.6 Å². The second-order valence-electron chi connectivity index (χ2n) is 5.03. The Kier molecular flexibility index (Phi) is 3.13. The number of benzene rings is 2. The number of para-hydroxylation sites is 3. The monoisotopic (exact) mass is 284 g/mol. The molecule has 0 saturated carbocycles. The molecule has 0 aromatic heterocycles. The van der Waals surface area contributed by atoms with Gasteiger partial charge in [-0.1, -0.05) is 18.2 Å². The number of nitro benzene ring substituents is 1. The zero-order valence-corrected chi connectivity index (χ0v) is 11.7. The zero-order valence-electron chi connectivity index (χ0n) is 11.7. The molecule has 6 heteroatoms. The molecular formula is C15H16N4O2. The van der Waals surface area contributed by atoms with Gasteiger partial charge in [0, 0.05) is 20.1 Å². The third kappa shape index (κ3) is 2.14. The molecule has 0 bridgehead atoms. The summed E-state index contributed by atoms with van der Waals surface area (Å²) in [6, 6.07) is 12.9. The maximum absolute atomic E-state index is 11.4. The largest absolute Gasteiger partial charge is 0.393 e. The van der Waals surface area contributed by atoms with Gasteiger partial charge in [0.05, 0.1) is 16.3 Å². The fourth-order valence-corrected chi connectivity index (χ4v) is 2.72. The molecule has 21 heavy (non-hydrogen) atoms. The lowest BCUT2D eigenvalue weighted by molar-refractivity contribution is -0.383. The number of rotatable bonds is 2. The van der Waals surface area contributed by atoms with Gasteiger partial charge in [-0.3, -0.25) is 10.1 Å². The van der Waals surface area contributed by atoms with Crippen molar-refractivity contribution in [2.24, 2.45) is 0 Å². The summed E-state index contributed by atoms with van der Waals surface area (Å²) < 4.78 is 0. The summed E-state index contributed by atoms with van der Waals surface area (Å²) >= 11 is 0. The van der Waals surface area contributed by atoms with Gasteiger partial charge in [0.15, 0.2) is 0 Å². The molecule has 1 aliphatic heterocycles. The summed E-state index contributed by atoms with van der Waals surface area (Å²) in [7, 11) is 2.02. The minimum Gasteiger partial charge on any atom is -0.393 e. The Balaban J connectivity index is 2.17. The van der Waals surface area contributed by atoms with Crippen molar-refractivity contribution >= 4 is 28.4 Å². The van der Waals surface area contributed by atoms with Gasteiger partial charge in [0.1, 0.15) is 11.4 Å². The van der Waals surface area contributed by atoms with Crippen LogP contribution in [-0.4, -0.2) is 25.1 Å². The van der Waals surface area contributed by atoms with E-state index in [2.05, 4.69) is 4.90 Å². The molecule has 0 fully saturated rings. The van der Waals surface area contributed by atoms with Crippen LogP contribution in [0.15, 0.2) is 42.5 Å². The van der Waals surface area contributed by atoms with Gasteiger partial charge < -0.3 is 15.5 Å². The number of hydrogen-bond donors (Lipinski definition) is 1. The predicted octanol–water partition coefficient (Wildman–Crippen LogP) is 2.76. The van der Waals surface area contributed by atoms with Gasteiger partial charge in [0.2, 0.25) is 0 Å². The molecule has 6 nitrogen and oxygen atoms in total. The number of hydrogen-bond acceptors (Lipinski definition) is 5. The van der Waals surface area contributed by atoms with E-state index in [0.29, 0.717) is 12.2 Å². The van der Waals surface area contributed by atoms with Crippen LogP contribution in [0.2, 0.25) is 0 Å². The molecule has 0 radical (unpaired) electrons. The van der Waals surface area contributed by atoms with Crippen molar-refractivity contribution in [2.75, 3.05) is 35.7 Å². The molecule has 2 aromatic rings. The van der Waals surface area contributed by atoms with Crippen LogP contribution in [0.3, 0.4) is 0 Å². The van der Waals surface area contributed by atoms with Crippen molar-refractivity contribution in [2.45, 2.75) is 0 Å². The SMILES string of the molecule is CN1CCN(c2cccc(N)c2[N+](=O)[O-])c2ccccc21. The first-order valence-corrected chi connectivity index (χ1v) is 6.70. The Labute approximate surface area is 122 Å². The number of anilines is 4. The smallest absolute Gasteiger partial charge is 0.315 e. The van der Waals surface area contributed by atoms with Crippen LogP contribution in [0.1, 0.15) is 0 Å². The fourth-order valence-electron chi connectivity index (χ4n) is 2.72. The summed E-state index contributed by atoms with van der Waals surface area (Å²) in [5.74, 6) is 0. The van der Waals surface area contributed by atoms with Crippen LogP contribution in [0.5, 0.6) is 0 Å². The van der Waals surface area contributed by atoms with Crippen molar-refractivity contribution < 1.29 is 4.92 Å². The molecule has 0 saturated heterocycles. The first-order valence-electron chi connectivity index (χ1n) is 6.70. The minimum atomic E-state index is -0.411. The van der Waals surface area contributed by atoms with E-state index in [4.69, 9.17) is 5.73 Å². The van der Waals surface area contributed by atoms with Crippen LogP contribution in [-0.2, 0) is 0 Å². The van der Waals surface area contributed by atoms with Gasteiger partial charge in [-0.05, 0) is 24.3 Å². The lowest BCUT2D eigenvalue weighted by Gasteiger charge is -2.36. The fraction of sp³-hybridized carbons (Fsp3) is 0.200. The second kappa shape index (κ2) is 4.97. The van der Waals surface area contributed by atoms with Crippen molar-refractivity contribution in [3.63, 3.8) is 0 Å². The van der Waals surface area contributed by atoms with Crippen molar-refractivity contribution in [1.82, 2.24) is 0 Å². The van der Waals surface area contributed by atoms with E-state index in [1.165, 1.54) is 0 Å². The maximum atomic E-state index is 11.4. The number of nitrogens with two attached hydrogens (primary N) is 1. The van der Waals surface area contributed by atoms with Crippen LogP contribution < -0.4 is 15.5 Å². The third-order valence-electron chi connectivity index (χ3n) is 3.76. The summed E-state index contributed by atoms with van der Waals surface area (Å²) in [5.41, 5.74) is 8.51. The topological polar surface area (TPSA) is 75.6 Å². The Morgan fingerprint density at radius 2 is 1.71 bits per heavy atom. The highest BCUT2D eigenvalue weighted by atomic mass is 16.6. The normalized spacial score (nSPS) is 14.0. The first-order chi connectivity index (χ1) is 10.1. The average molecular weight is 284 g/mol. The molecule has 0 atom stereocenters. The Hall–Kier alpha value is -2.76. The highest BCUT2D eigenvalue weighted by molar-refractivity contribution is 5.85. The van der Waals surface area contributed by atoms with Crippen molar-refractivity contribution in [3.8, 4) is 0 Å². The van der Waals surface area contributed by atoms with Gasteiger partial charge in [-0.15, -0.1) is 0 Å². The quantitative estimate of drug-likeness (QED) is 0.521. The van der Waals surface area contributed by atoms with Gasteiger partial charge in [-0.2, -0.15) is 0 Å². The molecule has 0 aliphatic carbocycles. The first kappa shape index (κ1) is 13.2. The molecule has 1 heterocycles. The minimum absolute atomic E-state index is 0.0307. The van der Waals surface area contributed by atoms with Gasteiger partial charge in [-0.25, -0.2) is 0 Å². The highest BCUT2D eigenvalue weighted by Gasteiger charge is 2.28. The molecule has 0 spiro atoms. The Bertz CT molecular complexity index is 702. The number of fused-ring (bicyclic) bond motifs is 1. The molecule has 2 aromatic carbocycles. The lowest BCUT2D eigenvalue weighted by Crippen LogP contribution is -2.36. The van der Waals surface area contributed by atoms with Crippen LogP contribution in [0.25, 0.3) is 0 Å². The van der Waals surface area contributed by atoms with E-state index in [1.807, 2.05) is 36.2 Å². The van der Waals surface area contributed by atoms with E-state index in [-0.39, 0.29) is 11.4 Å². The second-order valence-corrected chi connectivity index (χ2v) is 5.03. The summed E-state index contributed by atoms with van der Waals surface area (Å²) in [4.78, 5) is 15.0. The standard InChI is InChI=1S/C15H16N4O2/c1-17-9-10-18(13-7-3-2-6-12(13)17)14-8-4-5-11(16)15(14)19(20)21/h2-8H,9-10,16H2,1H3.